The molecule has 104 valence electrons. The average molecular weight is 296 g/mol. The number of aryl methyl sites for hydroxylation is 1. The predicted molar refractivity (Wildman–Crippen MR) is 84.4 cm³/mol. The first kappa shape index (κ1) is 13.7. The summed E-state index contributed by atoms with van der Waals surface area (Å²) in [5, 5.41) is 10.0. The van der Waals surface area contributed by atoms with Crippen LogP contribution >= 0.6 is 11.6 Å². The van der Waals surface area contributed by atoms with Gasteiger partial charge in [-0.15, -0.1) is 0 Å². The van der Waals surface area contributed by atoms with E-state index in [1.54, 1.807) is 0 Å². The quantitative estimate of drug-likeness (QED) is 0.694. The van der Waals surface area contributed by atoms with Crippen LogP contribution in [0.5, 0.6) is 0 Å². The van der Waals surface area contributed by atoms with Gasteiger partial charge in [0.25, 0.3) is 0 Å². The molecule has 0 saturated heterocycles. The summed E-state index contributed by atoms with van der Waals surface area (Å²) in [4.78, 5) is 4.69. The lowest BCUT2D eigenvalue weighted by Crippen LogP contribution is -1.99. The van der Waals surface area contributed by atoms with Crippen LogP contribution in [0.4, 0.5) is 0 Å². The second kappa shape index (κ2) is 5.23. The van der Waals surface area contributed by atoms with Gasteiger partial charge in [-0.25, -0.2) is 4.98 Å². The molecule has 21 heavy (non-hydrogen) atoms. The van der Waals surface area contributed by atoms with Gasteiger partial charge in [0.1, 0.15) is 5.65 Å². The number of nitrogens with zero attached hydrogens (tertiary/aromatic N) is 3. The molecular formula is C17H14ClN3. The molecule has 0 aliphatic rings. The number of rotatable bonds is 2. The van der Waals surface area contributed by atoms with Crippen LogP contribution in [0.25, 0.3) is 16.9 Å². The standard InChI is InChI=1S/C17H14ClN3/c1-11-3-8-15-20-16(13-4-6-14(18)7-5-13)17(12(2)9-19)21(15)10-11/h3-8,10,12H,1-2H3. The fraction of sp³-hybridized carbons (Fsp3) is 0.176. The van der Waals surface area contributed by atoms with Gasteiger partial charge in [-0.05, 0) is 37.6 Å². The molecule has 3 nitrogen and oxygen atoms in total. The minimum atomic E-state index is -0.243. The summed E-state index contributed by atoms with van der Waals surface area (Å²) in [6.07, 6.45) is 2.02. The molecule has 1 unspecified atom stereocenters. The van der Waals surface area contributed by atoms with Gasteiger partial charge in [0.15, 0.2) is 0 Å². The number of hydrogen-bond donors (Lipinski definition) is 0. The van der Waals surface area contributed by atoms with Crippen molar-refractivity contribution in [2.24, 2.45) is 0 Å². The number of nitriles is 1. The monoisotopic (exact) mass is 295 g/mol. The maximum Gasteiger partial charge on any atom is 0.137 e. The average Bonchev–Trinajstić information content (AvgIpc) is 2.85. The molecule has 1 aromatic carbocycles. The van der Waals surface area contributed by atoms with Gasteiger partial charge < -0.3 is 4.40 Å². The SMILES string of the molecule is Cc1ccc2nc(-c3ccc(Cl)cc3)c(C(C)C#N)n2c1. The molecule has 0 fully saturated rings. The smallest absolute Gasteiger partial charge is 0.137 e. The molecule has 2 aromatic heterocycles. The normalized spacial score (nSPS) is 12.3. The largest absolute Gasteiger partial charge is 0.302 e. The summed E-state index contributed by atoms with van der Waals surface area (Å²) in [7, 11) is 0. The van der Waals surface area contributed by atoms with E-state index in [9.17, 15) is 5.26 Å². The highest BCUT2D eigenvalue weighted by Crippen LogP contribution is 2.30. The lowest BCUT2D eigenvalue weighted by molar-refractivity contribution is 0.897. The third-order valence-electron chi connectivity index (χ3n) is 3.52. The molecule has 3 rings (SSSR count). The number of imidazole rings is 1. The van der Waals surface area contributed by atoms with Gasteiger partial charge in [-0.3, -0.25) is 0 Å². The Labute approximate surface area is 128 Å². The minimum absolute atomic E-state index is 0.243. The van der Waals surface area contributed by atoms with Crippen molar-refractivity contribution >= 4 is 17.2 Å². The maximum atomic E-state index is 9.34. The lowest BCUT2D eigenvalue weighted by Gasteiger charge is -2.07. The van der Waals surface area contributed by atoms with Crippen LogP contribution in [0.3, 0.4) is 0 Å². The molecule has 0 saturated carbocycles. The van der Waals surface area contributed by atoms with Crippen molar-refractivity contribution in [3.63, 3.8) is 0 Å². The summed E-state index contributed by atoms with van der Waals surface area (Å²) in [5.74, 6) is -0.243. The molecule has 0 radical (unpaired) electrons. The fourth-order valence-electron chi connectivity index (χ4n) is 2.46. The highest BCUT2D eigenvalue weighted by Gasteiger charge is 2.19. The summed E-state index contributed by atoms with van der Waals surface area (Å²) in [6.45, 7) is 3.92. The third kappa shape index (κ3) is 2.39. The van der Waals surface area contributed by atoms with Gasteiger partial charge in [-0.2, -0.15) is 5.26 Å². The summed E-state index contributed by atoms with van der Waals surface area (Å²) in [6, 6.07) is 13.9. The van der Waals surface area contributed by atoms with E-state index in [1.165, 1.54) is 0 Å². The third-order valence-corrected chi connectivity index (χ3v) is 3.78. The number of aromatic nitrogens is 2. The van der Waals surface area contributed by atoms with Crippen molar-refractivity contribution in [1.29, 1.82) is 5.26 Å². The molecule has 0 spiro atoms. The molecule has 0 aliphatic heterocycles. The Kier molecular flexibility index (Phi) is 3.40. The van der Waals surface area contributed by atoms with Crippen LogP contribution in [0.2, 0.25) is 5.02 Å². The van der Waals surface area contributed by atoms with Crippen LogP contribution in [0.1, 0.15) is 24.1 Å². The van der Waals surface area contributed by atoms with Crippen LogP contribution in [-0.4, -0.2) is 9.38 Å². The van der Waals surface area contributed by atoms with E-state index in [-0.39, 0.29) is 5.92 Å². The first-order valence-corrected chi connectivity index (χ1v) is 7.12. The fourth-order valence-corrected chi connectivity index (χ4v) is 2.59. The van der Waals surface area contributed by atoms with Gasteiger partial charge in [0, 0.05) is 16.8 Å². The molecule has 0 aliphatic carbocycles. The van der Waals surface area contributed by atoms with E-state index in [1.807, 2.05) is 60.8 Å². The van der Waals surface area contributed by atoms with Crippen LogP contribution in [-0.2, 0) is 0 Å². The molecule has 1 atom stereocenters. The Morgan fingerprint density at radius 3 is 2.57 bits per heavy atom. The first-order valence-electron chi connectivity index (χ1n) is 6.74. The van der Waals surface area contributed by atoms with E-state index in [4.69, 9.17) is 16.6 Å². The number of halogens is 1. The van der Waals surface area contributed by atoms with Crippen molar-refractivity contribution in [2.75, 3.05) is 0 Å². The summed E-state index contributed by atoms with van der Waals surface area (Å²) < 4.78 is 2.01. The zero-order valence-electron chi connectivity index (χ0n) is 11.8. The Bertz CT molecular complexity index is 841. The molecule has 0 N–H and O–H groups in total. The first-order chi connectivity index (χ1) is 10.1. The highest BCUT2D eigenvalue weighted by molar-refractivity contribution is 6.30. The Morgan fingerprint density at radius 1 is 1.19 bits per heavy atom. The number of pyridine rings is 1. The van der Waals surface area contributed by atoms with E-state index in [2.05, 4.69) is 6.07 Å². The zero-order chi connectivity index (χ0) is 15.0. The van der Waals surface area contributed by atoms with E-state index in [0.717, 1.165) is 28.2 Å². The van der Waals surface area contributed by atoms with Crippen molar-refractivity contribution < 1.29 is 0 Å². The van der Waals surface area contributed by atoms with Gasteiger partial charge in [-0.1, -0.05) is 29.8 Å². The number of hydrogen-bond acceptors (Lipinski definition) is 2. The Morgan fingerprint density at radius 2 is 1.90 bits per heavy atom. The topological polar surface area (TPSA) is 41.1 Å². The van der Waals surface area contributed by atoms with E-state index < -0.39 is 0 Å². The van der Waals surface area contributed by atoms with Crippen LogP contribution in [0.15, 0.2) is 42.6 Å². The van der Waals surface area contributed by atoms with Crippen molar-refractivity contribution in [2.45, 2.75) is 19.8 Å². The van der Waals surface area contributed by atoms with Crippen molar-refractivity contribution in [3.8, 4) is 17.3 Å². The Hall–Kier alpha value is -2.31. The Balaban J connectivity index is 2.31. The molecule has 0 bridgehead atoms. The molecule has 4 heteroatoms. The van der Waals surface area contributed by atoms with Crippen molar-refractivity contribution in [1.82, 2.24) is 9.38 Å². The molecule has 2 heterocycles. The maximum absolute atomic E-state index is 9.34. The molecule has 3 aromatic rings. The molecular weight excluding hydrogens is 282 g/mol. The van der Waals surface area contributed by atoms with Gasteiger partial charge >= 0.3 is 0 Å². The highest BCUT2D eigenvalue weighted by atomic mass is 35.5. The van der Waals surface area contributed by atoms with Gasteiger partial charge in [0.05, 0.1) is 23.4 Å². The molecule has 0 amide bonds. The van der Waals surface area contributed by atoms with E-state index >= 15 is 0 Å². The number of fused-ring (bicyclic) bond motifs is 1. The summed E-state index contributed by atoms with van der Waals surface area (Å²) in [5.41, 5.74) is 4.71. The van der Waals surface area contributed by atoms with Crippen LogP contribution in [0, 0.1) is 18.3 Å². The van der Waals surface area contributed by atoms with Gasteiger partial charge in [0.2, 0.25) is 0 Å². The lowest BCUT2D eigenvalue weighted by atomic mass is 10.0. The summed E-state index contributed by atoms with van der Waals surface area (Å²) >= 11 is 5.95. The van der Waals surface area contributed by atoms with Crippen molar-refractivity contribution in [3.05, 3.63) is 58.9 Å². The predicted octanol–water partition coefficient (Wildman–Crippen LogP) is 4.59. The second-order valence-corrected chi connectivity index (χ2v) is 5.57. The number of benzene rings is 1. The second-order valence-electron chi connectivity index (χ2n) is 5.14. The van der Waals surface area contributed by atoms with Crippen LogP contribution < -0.4 is 0 Å². The minimum Gasteiger partial charge on any atom is -0.302 e. The van der Waals surface area contributed by atoms with E-state index in [0.29, 0.717) is 5.02 Å². The zero-order valence-corrected chi connectivity index (χ0v) is 12.6.